The minimum Gasteiger partial charge on any atom is -0.323 e. The molecule has 3 heteroatoms. The molecule has 0 aromatic heterocycles. The minimum absolute atomic E-state index is 0.0902. The SMILES string of the molecule is CC(C(N)c1ccccc1)N(C)CC1CCN(C)CC1. The third kappa shape index (κ3) is 4.05. The maximum atomic E-state index is 6.42. The van der Waals surface area contributed by atoms with Crippen LogP contribution in [0, 0.1) is 5.92 Å². The topological polar surface area (TPSA) is 32.5 Å². The summed E-state index contributed by atoms with van der Waals surface area (Å²) in [7, 11) is 4.43. The molecule has 2 rings (SSSR count). The van der Waals surface area contributed by atoms with Crippen molar-refractivity contribution in [2.45, 2.75) is 31.8 Å². The van der Waals surface area contributed by atoms with E-state index in [1.54, 1.807) is 0 Å². The van der Waals surface area contributed by atoms with Gasteiger partial charge in [-0.15, -0.1) is 0 Å². The Morgan fingerprint density at radius 1 is 1.25 bits per heavy atom. The maximum Gasteiger partial charge on any atom is 0.0450 e. The van der Waals surface area contributed by atoms with Crippen molar-refractivity contribution < 1.29 is 0 Å². The van der Waals surface area contributed by atoms with Gasteiger partial charge in [0.2, 0.25) is 0 Å². The van der Waals surface area contributed by atoms with Crippen LogP contribution in [0.4, 0.5) is 0 Å². The molecule has 112 valence electrons. The van der Waals surface area contributed by atoms with Gasteiger partial charge >= 0.3 is 0 Å². The molecule has 1 saturated heterocycles. The fourth-order valence-electron chi connectivity index (χ4n) is 3.05. The van der Waals surface area contributed by atoms with E-state index in [4.69, 9.17) is 5.73 Å². The first-order chi connectivity index (χ1) is 9.58. The Kier molecular flexibility index (Phi) is 5.58. The lowest BCUT2D eigenvalue weighted by atomic mass is 9.94. The number of piperidine rings is 1. The van der Waals surface area contributed by atoms with Crippen LogP contribution in [0.15, 0.2) is 30.3 Å². The fourth-order valence-corrected chi connectivity index (χ4v) is 3.05. The van der Waals surface area contributed by atoms with Crippen LogP contribution in [-0.2, 0) is 0 Å². The summed E-state index contributed by atoms with van der Waals surface area (Å²) in [5, 5.41) is 0. The Morgan fingerprint density at radius 2 is 1.85 bits per heavy atom. The zero-order valence-electron chi connectivity index (χ0n) is 13.1. The second-order valence-corrected chi connectivity index (χ2v) is 6.36. The van der Waals surface area contributed by atoms with Gasteiger partial charge in [0.05, 0.1) is 0 Å². The molecular weight excluding hydrogens is 246 g/mol. The Hall–Kier alpha value is -0.900. The lowest BCUT2D eigenvalue weighted by Crippen LogP contribution is -2.43. The summed E-state index contributed by atoms with van der Waals surface area (Å²) in [6.07, 6.45) is 2.63. The summed E-state index contributed by atoms with van der Waals surface area (Å²) >= 11 is 0. The van der Waals surface area contributed by atoms with Crippen LogP contribution in [0.25, 0.3) is 0 Å². The van der Waals surface area contributed by atoms with Crippen LogP contribution in [0.3, 0.4) is 0 Å². The van der Waals surface area contributed by atoms with E-state index in [0.717, 1.165) is 12.5 Å². The number of nitrogens with two attached hydrogens (primary N) is 1. The molecule has 3 nitrogen and oxygen atoms in total. The average molecular weight is 275 g/mol. The molecule has 1 aliphatic rings. The van der Waals surface area contributed by atoms with Crippen molar-refractivity contribution in [1.82, 2.24) is 9.80 Å². The zero-order chi connectivity index (χ0) is 14.5. The molecule has 2 atom stereocenters. The molecule has 2 N–H and O–H groups in total. The highest BCUT2D eigenvalue weighted by molar-refractivity contribution is 5.19. The van der Waals surface area contributed by atoms with E-state index in [2.05, 4.69) is 55.1 Å². The second kappa shape index (κ2) is 7.21. The van der Waals surface area contributed by atoms with Gasteiger partial charge in [0, 0.05) is 18.6 Å². The van der Waals surface area contributed by atoms with Crippen molar-refractivity contribution in [3.63, 3.8) is 0 Å². The molecule has 20 heavy (non-hydrogen) atoms. The van der Waals surface area contributed by atoms with Crippen molar-refractivity contribution >= 4 is 0 Å². The van der Waals surface area contributed by atoms with E-state index in [-0.39, 0.29) is 6.04 Å². The molecular formula is C17H29N3. The first kappa shape index (κ1) is 15.5. The molecule has 1 heterocycles. The molecule has 1 aliphatic heterocycles. The Labute approximate surface area is 123 Å². The number of likely N-dealkylation sites (tertiary alicyclic amines) is 1. The molecule has 0 radical (unpaired) electrons. The smallest absolute Gasteiger partial charge is 0.0450 e. The van der Waals surface area contributed by atoms with E-state index >= 15 is 0 Å². The number of benzene rings is 1. The van der Waals surface area contributed by atoms with Gasteiger partial charge in [-0.1, -0.05) is 30.3 Å². The van der Waals surface area contributed by atoms with Crippen LogP contribution in [0.5, 0.6) is 0 Å². The monoisotopic (exact) mass is 275 g/mol. The molecule has 0 aliphatic carbocycles. The van der Waals surface area contributed by atoms with Crippen LogP contribution in [-0.4, -0.2) is 49.6 Å². The van der Waals surface area contributed by atoms with Crippen LogP contribution in [0.1, 0.15) is 31.4 Å². The summed E-state index contributed by atoms with van der Waals surface area (Å²) in [5.41, 5.74) is 7.65. The van der Waals surface area contributed by atoms with Gasteiger partial charge in [0.1, 0.15) is 0 Å². The summed E-state index contributed by atoms with van der Waals surface area (Å²) in [6, 6.07) is 10.9. The standard InChI is InChI=1S/C17H29N3/c1-14(17(18)16-7-5-4-6-8-16)20(3)13-15-9-11-19(2)12-10-15/h4-8,14-15,17H,9-13,18H2,1-3H3. The number of hydrogen-bond acceptors (Lipinski definition) is 3. The molecule has 1 aromatic carbocycles. The molecule has 0 spiro atoms. The second-order valence-electron chi connectivity index (χ2n) is 6.36. The lowest BCUT2D eigenvalue weighted by molar-refractivity contribution is 0.144. The molecule has 0 bridgehead atoms. The summed E-state index contributed by atoms with van der Waals surface area (Å²) in [6.45, 7) is 5.87. The highest BCUT2D eigenvalue weighted by atomic mass is 15.2. The Morgan fingerprint density at radius 3 is 2.45 bits per heavy atom. The van der Waals surface area contributed by atoms with Crippen molar-refractivity contribution in [1.29, 1.82) is 0 Å². The maximum absolute atomic E-state index is 6.42. The molecule has 1 aromatic rings. The fraction of sp³-hybridized carbons (Fsp3) is 0.647. The third-order valence-corrected chi connectivity index (χ3v) is 4.78. The van der Waals surface area contributed by atoms with Gasteiger partial charge in [-0.25, -0.2) is 0 Å². The first-order valence-electron chi connectivity index (χ1n) is 7.77. The Balaban J connectivity index is 1.87. The van der Waals surface area contributed by atoms with Crippen molar-refractivity contribution in [2.24, 2.45) is 11.7 Å². The number of rotatable bonds is 5. The summed E-state index contributed by atoms with van der Waals surface area (Å²) < 4.78 is 0. The van der Waals surface area contributed by atoms with Crippen LogP contribution < -0.4 is 5.73 Å². The summed E-state index contributed by atoms with van der Waals surface area (Å²) in [4.78, 5) is 4.86. The van der Waals surface area contributed by atoms with E-state index < -0.39 is 0 Å². The van der Waals surface area contributed by atoms with Gasteiger partial charge in [-0.2, -0.15) is 0 Å². The minimum atomic E-state index is 0.0902. The van der Waals surface area contributed by atoms with E-state index in [0.29, 0.717) is 6.04 Å². The molecule has 0 saturated carbocycles. The molecule has 1 fully saturated rings. The van der Waals surface area contributed by atoms with Gasteiger partial charge in [-0.05, 0) is 58.4 Å². The normalized spacial score (nSPS) is 21.1. The van der Waals surface area contributed by atoms with E-state index in [1.165, 1.54) is 31.5 Å². The van der Waals surface area contributed by atoms with Crippen molar-refractivity contribution in [3.8, 4) is 0 Å². The van der Waals surface area contributed by atoms with Crippen molar-refractivity contribution in [2.75, 3.05) is 33.7 Å². The first-order valence-corrected chi connectivity index (χ1v) is 7.77. The van der Waals surface area contributed by atoms with Crippen LogP contribution in [0.2, 0.25) is 0 Å². The predicted molar refractivity (Wildman–Crippen MR) is 85.7 cm³/mol. The highest BCUT2D eigenvalue weighted by Gasteiger charge is 2.23. The zero-order valence-corrected chi connectivity index (χ0v) is 13.1. The lowest BCUT2D eigenvalue weighted by Gasteiger charge is -2.36. The quantitative estimate of drug-likeness (QED) is 0.895. The third-order valence-electron chi connectivity index (χ3n) is 4.78. The average Bonchev–Trinajstić information content (AvgIpc) is 2.49. The molecule has 2 unspecified atom stereocenters. The van der Waals surface area contributed by atoms with Gasteiger partial charge < -0.3 is 15.5 Å². The van der Waals surface area contributed by atoms with E-state index in [1.807, 2.05) is 6.07 Å². The van der Waals surface area contributed by atoms with Crippen molar-refractivity contribution in [3.05, 3.63) is 35.9 Å². The van der Waals surface area contributed by atoms with Crippen LogP contribution >= 0.6 is 0 Å². The largest absolute Gasteiger partial charge is 0.323 e. The van der Waals surface area contributed by atoms with Gasteiger partial charge in [-0.3, -0.25) is 0 Å². The van der Waals surface area contributed by atoms with Gasteiger partial charge in [0.25, 0.3) is 0 Å². The number of nitrogens with zero attached hydrogens (tertiary/aromatic N) is 2. The molecule has 0 amide bonds. The summed E-state index contributed by atoms with van der Waals surface area (Å²) in [5.74, 6) is 0.821. The predicted octanol–water partition coefficient (Wildman–Crippen LogP) is 2.35. The van der Waals surface area contributed by atoms with E-state index in [9.17, 15) is 0 Å². The number of likely N-dealkylation sites (N-methyl/N-ethyl adjacent to an activating group) is 1. The Bertz CT molecular complexity index is 384. The highest BCUT2D eigenvalue weighted by Crippen LogP contribution is 2.21. The van der Waals surface area contributed by atoms with Gasteiger partial charge in [0.15, 0.2) is 0 Å². The number of hydrogen-bond donors (Lipinski definition) is 1.